The molecule has 1 aliphatic heterocycles. The number of methoxy groups -OCH3 is 1. The smallest absolute Gasteiger partial charge is 0.242 e. The molecule has 1 aliphatic rings. The van der Waals surface area contributed by atoms with Crippen LogP contribution >= 0.6 is 23.4 Å². The summed E-state index contributed by atoms with van der Waals surface area (Å²) in [6.07, 6.45) is 0.0639. The summed E-state index contributed by atoms with van der Waals surface area (Å²) in [5, 5.41) is 3.29. The quantitative estimate of drug-likeness (QED) is 0.820. The fourth-order valence-corrected chi connectivity index (χ4v) is 3.87. The Labute approximate surface area is 166 Å². The fourth-order valence-electron chi connectivity index (χ4n) is 2.55. The predicted octanol–water partition coefficient (Wildman–Crippen LogP) is 3.94. The molecule has 2 aromatic rings. The zero-order valence-corrected chi connectivity index (χ0v) is 16.4. The van der Waals surface area contributed by atoms with Gasteiger partial charge in [-0.25, -0.2) is 4.99 Å². The van der Waals surface area contributed by atoms with Crippen LogP contribution in [0.4, 0.5) is 11.4 Å². The predicted molar refractivity (Wildman–Crippen MR) is 109 cm³/mol. The Morgan fingerprint density at radius 2 is 2.04 bits per heavy atom. The lowest BCUT2D eigenvalue weighted by Gasteiger charge is -2.10. The Bertz CT molecular complexity index is 889. The molecule has 27 heavy (non-hydrogen) atoms. The second kappa shape index (κ2) is 8.45. The number of halogens is 1. The molecular formula is C19H18ClN3O3S. The summed E-state index contributed by atoms with van der Waals surface area (Å²) >= 11 is 7.29. The average molecular weight is 404 g/mol. The lowest BCUT2D eigenvalue weighted by molar-refractivity contribution is -0.127. The third kappa shape index (κ3) is 4.61. The van der Waals surface area contributed by atoms with E-state index < -0.39 is 5.25 Å². The van der Waals surface area contributed by atoms with Gasteiger partial charge in [0, 0.05) is 24.2 Å². The highest BCUT2D eigenvalue weighted by Crippen LogP contribution is 2.35. The lowest BCUT2D eigenvalue weighted by atomic mass is 10.2. The SMILES string of the molecule is COc1ccc(Cl)cc1N=C1S[C@@H](CC(=O)Nc2ccccc2)C(=O)N1C. The van der Waals surface area contributed by atoms with E-state index in [0.29, 0.717) is 27.3 Å². The van der Waals surface area contributed by atoms with E-state index in [1.54, 1.807) is 44.5 Å². The van der Waals surface area contributed by atoms with E-state index in [9.17, 15) is 9.59 Å². The van der Waals surface area contributed by atoms with Gasteiger partial charge in [-0.05, 0) is 30.3 Å². The van der Waals surface area contributed by atoms with Crippen LogP contribution in [0.1, 0.15) is 6.42 Å². The van der Waals surface area contributed by atoms with Crippen molar-refractivity contribution in [2.24, 2.45) is 4.99 Å². The van der Waals surface area contributed by atoms with Crippen LogP contribution in [0.3, 0.4) is 0 Å². The van der Waals surface area contributed by atoms with Gasteiger partial charge in [-0.1, -0.05) is 41.6 Å². The number of amidine groups is 1. The second-order valence-electron chi connectivity index (χ2n) is 5.83. The number of aliphatic imine (C=N–C) groups is 1. The standard InChI is InChI=1S/C19H18ClN3O3S/c1-23-18(25)16(11-17(24)21-13-6-4-3-5-7-13)27-19(23)22-14-10-12(20)8-9-15(14)26-2/h3-10,16H,11H2,1-2H3,(H,21,24)/t16-/m0/s1. The third-order valence-electron chi connectivity index (χ3n) is 3.93. The molecule has 0 radical (unpaired) electrons. The molecule has 0 bridgehead atoms. The minimum atomic E-state index is -0.525. The molecule has 1 fully saturated rings. The Kier molecular flexibility index (Phi) is 6.03. The maximum Gasteiger partial charge on any atom is 0.242 e. The fraction of sp³-hybridized carbons (Fsp3) is 0.211. The highest BCUT2D eigenvalue weighted by molar-refractivity contribution is 8.15. The number of amides is 2. The van der Waals surface area contributed by atoms with Crippen molar-refractivity contribution in [1.29, 1.82) is 0 Å². The van der Waals surface area contributed by atoms with E-state index in [2.05, 4.69) is 10.3 Å². The van der Waals surface area contributed by atoms with Crippen molar-refractivity contribution < 1.29 is 14.3 Å². The molecule has 2 aromatic carbocycles. The first-order chi connectivity index (χ1) is 13.0. The van der Waals surface area contributed by atoms with Crippen LogP contribution in [0.5, 0.6) is 5.75 Å². The summed E-state index contributed by atoms with van der Waals surface area (Å²) in [5.74, 6) is 0.170. The number of hydrogen-bond donors (Lipinski definition) is 1. The molecule has 2 amide bonds. The Morgan fingerprint density at radius 3 is 2.74 bits per heavy atom. The van der Waals surface area contributed by atoms with Crippen molar-refractivity contribution in [2.75, 3.05) is 19.5 Å². The maximum atomic E-state index is 12.5. The number of hydrogen-bond acceptors (Lipinski definition) is 5. The van der Waals surface area contributed by atoms with Gasteiger partial charge in [0.15, 0.2) is 5.17 Å². The number of thioether (sulfide) groups is 1. The molecule has 0 spiro atoms. The van der Waals surface area contributed by atoms with Gasteiger partial charge in [0.2, 0.25) is 11.8 Å². The van der Waals surface area contributed by atoms with Crippen LogP contribution in [0.15, 0.2) is 53.5 Å². The molecule has 6 nitrogen and oxygen atoms in total. The van der Waals surface area contributed by atoms with Crippen LogP contribution in [-0.2, 0) is 9.59 Å². The van der Waals surface area contributed by atoms with Crippen LogP contribution in [0.25, 0.3) is 0 Å². The molecule has 0 aromatic heterocycles. The van der Waals surface area contributed by atoms with Gasteiger partial charge < -0.3 is 10.1 Å². The minimum Gasteiger partial charge on any atom is -0.494 e. The van der Waals surface area contributed by atoms with E-state index in [1.165, 1.54) is 16.7 Å². The summed E-state index contributed by atoms with van der Waals surface area (Å²) in [7, 11) is 3.18. The first-order valence-electron chi connectivity index (χ1n) is 8.19. The van der Waals surface area contributed by atoms with E-state index in [0.717, 1.165) is 0 Å². The van der Waals surface area contributed by atoms with Crippen molar-refractivity contribution in [3.05, 3.63) is 53.6 Å². The summed E-state index contributed by atoms with van der Waals surface area (Å²) in [5.41, 5.74) is 1.23. The van der Waals surface area contributed by atoms with Crippen molar-refractivity contribution in [1.82, 2.24) is 4.90 Å². The number of carbonyl (C=O) groups excluding carboxylic acids is 2. The zero-order valence-electron chi connectivity index (χ0n) is 14.8. The summed E-state index contributed by atoms with van der Waals surface area (Å²) < 4.78 is 5.29. The molecule has 1 saturated heterocycles. The third-order valence-corrected chi connectivity index (χ3v) is 5.39. The van der Waals surface area contributed by atoms with Gasteiger partial charge in [0.1, 0.15) is 16.7 Å². The highest BCUT2D eigenvalue weighted by Gasteiger charge is 2.37. The van der Waals surface area contributed by atoms with Crippen molar-refractivity contribution >= 4 is 51.7 Å². The number of nitrogens with one attached hydrogen (secondary N) is 1. The molecule has 0 saturated carbocycles. The van der Waals surface area contributed by atoms with E-state index in [-0.39, 0.29) is 18.2 Å². The molecular weight excluding hydrogens is 386 g/mol. The van der Waals surface area contributed by atoms with Crippen LogP contribution < -0.4 is 10.1 Å². The summed E-state index contributed by atoms with van der Waals surface area (Å²) in [6.45, 7) is 0. The highest BCUT2D eigenvalue weighted by atomic mass is 35.5. The van der Waals surface area contributed by atoms with Crippen LogP contribution in [0, 0.1) is 0 Å². The normalized spacial score (nSPS) is 18.0. The Morgan fingerprint density at radius 1 is 1.30 bits per heavy atom. The summed E-state index contributed by atoms with van der Waals surface area (Å²) in [4.78, 5) is 30.7. The topological polar surface area (TPSA) is 71.0 Å². The minimum absolute atomic E-state index is 0.0639. The van der Waals surface area contributed by atoms with E-state index in [1.807, 2.05) is 18.2 Å². The number of anilines is 1. The molecule has 1 heterocycles. The van der Waals surface area contributed by atoms with Crippen LogP contribution in [0.2, 0.25) is 5.02 Å². The van der Waals surface area contributed by atoms with Gasteiger partial charge in [0.25, 0.3) is 0 Å². The second-order valence-corrected chi connectivity index (χ2v) is 7.44. The van der Waals surface area contributed by atoms with Crippen LogP contribution in [-0.4, -0.2) is 41.3 Å². The zero-order chi connectivity index (χ0) is 19.4. The Balaban J connectivity index is 1.73. The number of nitrogens with zero attached hydrogens (tertiary/aromatic N) is 2. The number of rotatable bonds is 5. The molecule has 140 valence electrons. The van der Waals surface area contributed by atoms with Gasteiger partial charge >= 0.3 is 0 Å². The van der Waals surface area contributed by atoms with Gasteiger partial charge in [0.05, 0.1) is 7.11 Å². The monoisotopic (exact) mass is 403 g/mol. The number of benzene rings is 2. The van der Waals surface area contributed by atoms with Gasteiger partial charge in [-0.15, -0.1) is 0 Å². The molecule has 0 aliphatic carbocycles. The first kappa shape index (κ1) is 19.3. The van der Waals surface area contributed by atoms with Crippen molar-refractivity contribution in [2.45, 2.75) is 11.7 Å². The van der Waals surface area contributed by atoms with Gasteiger partial charge in [-0.3, -0.25) is 14.5 Å². The largest absolute Gasteiger partial charge is 0.494 e. The molecule has 1 atom stereocenters. The van der Waals surface area contributed by atoms with Crippen molar-refractivity contribution in [3.63, 3.8) is 0 Å². The summed E-state index contributed by atoms with van der Waals surface area (Å²) in [6, 6.07) is 14.2. The maximum absolute atomic E-state index is 12.5. The average Bonchev–Trinajstić information content (AvgIpc) is 2.90. The lowest BCUT2D eigenvalue weighted by Crippen LogP contribution is -2.30. The number of para-hydroxylation sites is 1. The molecule has 0 unspecified atom stereocenters. The van der Waals surface area contributed by atoms with Gasteiger partial charge in [-0.2, -0.15) is 0 Å². The van der Waals surface area contributed by atoms with Crippen molar-refractivity contribution in [3.8, 4) is 5.75 Å². The number of ether oxygens (including phenoxy) is 1. The Hall–Kier alpha value is -2.51. The molecule has 1 N–H and O–H groups in total. The number of carbonyl (C=O) groups is 2. The molecule has 8 heteroatoms. The first-order valence-corrected chi connectivity index (χ1v) is 9.45. The van der Waals surface area contributed by atoms with E-state index >= 15 is 0 Å². The molecule has 3 rings (SSSR count). The van der Waals surface area contributed by atoms with E-state index in [4.69, 9.17) is 16.3 Å².